The van der Waals surface area contributed by atoms with Crippen LogP contribution in [0, 0.1) is 0 Å². The Morgan fingerprint density at radius 3 is 1.75 bits per heavy atom. The van der Waals surface area contributed by atoms with E-state index in [1.165, 1.54) is 8.93 Å². The van der Waals surface area contributed by atoms with E-state index in [-0.39, 0.29) is 0 Å². The first kappa shape index (κ1) is 10.2. The molecule has 0 aliphatic heterocycles. The highest BCUT2D eigenvalue weighted by Crippen LogP contribution is 2.45. The monoisotopic (exact) mass is 324 g/mol. The number of alkyl halides is 4. The van der Waals surface area contributed by atoms with Gasteiger partial charge in [-0.05, 0) is 30.1 Å². The lowest BCUT2D eigenvalue weighted by Gasteiger charge is -2.14. The Morgan fingerprint density at radius 1 is 1.38 bits per heavy atom. The fourth-order valence-corrected chi connectivity index (χ4v) is 2.03. The van der Waals surface area contributed by atoms with E-state index in [9.17, 15) is 0 Å². The summed E-state index contributed by atoms with van der Waals surface area (Å²) in [6.07, 6.45) is 0. The third-order valence-corrected chi connectivity index (χ3v) is 6.70. The Labute approximate surface area is 84.1 Å². The van der Waals surface area contributed by atoms with E-state index in [0.717, 1.165) is 0 Å². The molecule has 8 heavy (non-hydrogen) atoms. The number of rotatable bonds is 2. The molecule has 50 valence electrons. The zero-order valence-corrected chi connectivity index (χ0v) is 9.37. The van der Waals surface area contributed by atoms with E-state index in [1.54, 1.807) is 0 Å². The molecule has 0 unspecified atom stereocenters. The van der Waals surface area contributed by atoms with Crippen molar-refractivity contribution in [3.05, 3.63) is 0 Å². The first-order valence-corrected chi connectivity index (χ1v) is 6.45. The summed E-state index contributed by atoms with van der Waals surface area (Å²) < 4.78 is -1.08. The molecule has 0 aromatic rings. The minimum Gasteiger partial charge on any atom is -0.101 e. The molecule has 0 N–H and O–H groups in total. The van der Waals surface area contributed by atoms with Crippen LogP contribution < -0.4 is 0 Å². The van der Waals surface area contributed by atoms with Crippen LogP contribution in [0.4, 0.5) is 0 Å². The van der Waals surface area contributed by atoms with Crippen molar-refractivity contribution in [1.82, 2.24) is 0 Å². The van der Waals surface area contributed by atoms with Crippen LogP contribution >= 0.6 is 76.5 Å². The number of hydrogen-bond acceptors (Lipinski definition) is 1. The van der Waals surface area contributed by atoms with Crippen molar-refractivity contribution >= 4 is 76.5 Å². The van der Waals surface area contributed by atoms with Gasteiger partial charge in [-0.15, -0.1) is 23.2 Å². The van der Waals surface area contributed by atoms with Crippen molar-refractivity contribution in [2.45, 2.75) is 8.50 Å². The van der Waals surface area contributed by atoms with Gasteiger partial charge in [0.1, 0.15) is 0 Å². The van der Waals surface area contributed by atoms with Crippen molar-refractivity contribution in [2.75, 3.05) is 0 Å². The Kier molecular flexibility index (Phi) is 5.36. The minimum absolute atomic E-state index is 0.757. The fourth-order valence-electron chi connectivity index (χ4n) is 0.0337. The van der Waals surface area contributed by atoms with Crippen molar-refractivity contribution in [2.24, 2.45) is 0 Å². The molecule has 6 heteroatoms. The van der Waals surface area contributed by atoms with Gasteiger partial charge in [0, 0.05) is 0 Å². The molecule has 0 fully saturated rings. The van der Waals surface area contributed by atoms with E-state index >= 15 is 0 Å². The molecule has 0 rings (SSSR count). The second-order valence-electron chi connectivity index (χ2n) is 0.940. The first-order valence-electron chi connectivity index (χ1n) is 1.46. The van der Waals surface area contributed by atoms with E-state index in [2.05, 4.69) is 0 Å². The lowest BCUT2D eigenvalue weighted by atomic mass is 10.9. The Bertz CT molecular complexity index is 74.4. The topological polar surface area (TPSA) is 0 Å². The molecule has 0 aliphatic rings. The molecular weight excluding hydrogens is 325 g/mol. The molecule has 0 atom stereocenters. The van der Waals surface area contributed by atoms with Crippen LogP contribution in [-0.2, 0) is 0 Å². The molecule has 0 saturated heterocycles. The molecule has 0 aliphatic carbocycles. The van der Waals surface area contributed by atoms with Crippen molar-refractivity contribution in [1.29, 1.82) is 0 Å². The Balaban J connectivity index is 3.71. The van der Waals surface area contributed by atoms with Gasteiger partial charge in [-0.2, -0.15) is 0 Å². The summed E-state index contributed by atoms with van der Waals surface area (Å²) in [4.78, 5) is -0.757. The maximum Gasteiger partial charge on any atom is 0.202 e. The predicted molar refractivity (Wildman–Crippen MR) is 51.5 cm³/mol. The molecule has 0 heterocycles. The molecular formula is C2HCl4IS. The smallest absolute Gasteiger partial charge is 0.101 e. The maximum absolute atomic E-state index is 5.51. The van der Waals surface area contributed by atoms with Crippen molar-refractivity contribution < 1.29 is 0 Å². The Morgan fingerprint density at radius 2 is 1.75 bits per heavy atom. The minimum atomic E-state index is -1.08. The molecule has 0 radical (unpaired) electrons. The molecule has 0 nitrogen and oxygen atoms in total. The molecule has 0 bridgehead atoms. The van der Waals surface area contributed by atoms with Gasteiger partial charge in [0.2, 0.25) is 3.67 Å². The van der Waals surface area contributed by atoms with Gasteiger partial charge in [-0.3, -0.25) is 0 Å². The van der Waals surface area contributed by atoms with Crippen LogP contribution in [0.1, 0.15) is 0 Å². The summed E-state index contributed by atoms with van der Waals surface area (Å²) in [5.74, 6) is 0. The van der Waals surface area contributed by atoms with Crippen LogP contribution in [0.15, 0.2) is 0 Å². The first-order chi connectivity index (χ1) is 3.50. The average molecular weight is 326 g/mol. The molecule has 0 aromatic heterocycles. The molecule has 0 saturated carbocycles. The van der Waals surface area contributed by atoms with Gasteiger partial charge in [-0.1, -0.05) is 23.2 Å². The lowest BCUT2D eigenvalue weighted by Crippen LogP contribution is -2.14. The van der Waals surface area contributed by atoms with Crippen molar-refractivity contribution in [3.8, 4) is 0 Å². The van der Waals surface area contributed by atoms with Gasteiger partial charge in [0.25, 0.3) is 0 Å². The van der Waals surface area contributed by atoms with Gasteiger partial charge >= 0.3 is 0 Å². The van der Waals surface area contributed by atoms with Crippen LogP contribution in [0.5, 0.6) is 0 Å². The lowest BCUT2D eigenvalue weighted by molar-refractivity contribution is 1.22. The number of hydrogen-bond donors (Lipinski definition) is 0. The second kappa shape index (κ2) is 4.19. The van der Waals surface area contributed by atoms with Crippen LogP contribution in [-0.4, -0.2) is 8.50 Å². The highest BCUT2D eigenvalue weighted by molar-refractivity contribution is 14.2. The fraction of sp³-hybridized carbons (Fsp3) is 1.00. The molecule has 0 spiro atoms. The summed E-state index contributed by atoms with van der Waals surface area (Å²) in [6.45, 7) is 0. The van der Waals surface area contributed by atoms with Crippen LogP contribution in [0.25, 0.3) is 0 Å². The predicted octanol–water partition coefficient (Wildman–Crippen LogP) is 4.00. The highest BCUT2D eigenvalue weighted by Gasteiger charge is 2.31. The van der Waals surface area contributed by atoms with Crippen LogP contribution in [0.2, 0.25) is 0 Å². The maximum atomic E-state index is 5.51. The van der Waals surface area contributed by atoms with Gasteiger partial charge in [-0.25, -0.2) is 0 Å². The average Bonchev–Trinajstić information content (AvgIpc) is 1.67. The molecule has 0 amide bonds. The van der Waals surface area contributed by atoms with E-state index < -0.39 is 8.50 Å². The zero-order valence-electron chi connectivity index (χ0n) is 3.38. The van der Waals surface area contributed by atoms with Crippen molar-refractivity contribution in [3.63, 3.8) is 0 Å². The van der Waals surface area contributed by atoms with Crippen LogP contribution in [0.3, 0.4) is 0 Å². The second-order valence-corrected chi connectivity index (χ2v) is 5.99. The highest BCUT2D eigenvalue weighted by atomic mass is 127. The van der Waals surface area contributed by atoms with E-state index in [4.69, 9.17) is 46.4 Å². The van der Waals surface area contributed by atoms with E-state index in [1.807, 2.05) is 21.2 Å². The summed E-state index contributed by atoms with van der Waals surface area (Å²) in [6, 6.07) is 0. The van der Waals surface area contributed by atoms with E-state index in [0.29, 0.717) is 0 Å². The third-order valence-electron chi connectivity index (χ3n) is 0.357. The summed E-state index contributed by atoms with van der Waals surface area (Å²) in [5.41, 5.74) is 0. The van der Waals surface area contributed by atoms with Gasteiger partial charge in [0.15, 0.2) is 4.84 Å². The summed E-state index contributed by atoms with van der Waals surface area (Å²) in [5, 5.41) is 0. The number of halogens is 5. The SMILES string of the molecule is ClC(Cl)C(Cl)(Cl)SI. The molecule has 0 aromatic carbocycles. The summed E-state index contributed by atoms with van der Waals surface area (Å²) in [7, 11) is 1.17. The quantitative estimate of drug-likeness (QED) is 0.546. The summed E-state index contributed by atoms with van der Waals surface area (Å²) >= 11 is 23.6. The zero-order chi connectivity index (χ0) is 6.78. The third kappa shape index (κ3) is 3.42. The normalized spacial score (nSPS) is 12.8. The Hall–Kier alpha value is 2.24. The van der Waals surface area contributed by atoms with Gasteiger partial charge in [0.05, 0.1) is 0 Å². The standard InChI is InChI=1S/C2HCl4IS/c3-1(4)2(5,6)8-7/h1H. The largest absolute Gasteiger partial charge is 0.202 e. The van der Waals surface area contributed by atoms with Gasteiger partial charge < -0.3 is 0 Å².